The minimum Gasteiger partial charge on any atom is -0.541 e. The van der Waals surface area contributed by atoms with E-state index in [9.17, 15) is 22.8 Å². The van der Waals surface area contributed by atoms with Crippen LogP contribution >= 0.6 is 0 Å². The van der Waals surface area contributed by atoms with Gasteiger partial charge in [-0.1, -0.05) is 6.42 Å². The van der Waals surface area contributed by atoms with E-state index in [0.717, 1.165) is 6.29 Å². The van der Waals surface area contributed by atoms with Gasteiger partial charge in [0, 0.05) is 16.5 Å². The first kappa shape index (κ1) is 12.3. The first-order valence-electron chi connectivity index (χ1n) is 1.93. The molecule has 10 heavy (non-hydrogen) atoms. The molecular formula is C4H2F3NiO2-. The summed E-state index contributed by atoms with van der Waals surface area (Å²) >= 11 is 0. The summed E-state index contributed by atoms with van der Waals surface area (Å²) in [5.41, 5.74) is 0. The predicted molar refractivity (Wildman–Crippen MR) is 21.4 cm³/mol. The second-order valence-electron chi connectivity index (χ2n) is 1.24. The van der Waals surface area contributed by atoms with Gasteiger partial charge in [-0.3, -0.25) is 11.1 Å². The Morgan fingerprint density at radius 3 is 1.90 bits per heavy atom. The normalized spacial score (nSPS) is 9.90. The molecule has 0 radical (unpaired) electrons. The van der Waals surface area contributed by atoms with Crippen molar-refractivity contribution in [3.05, 3.63) is 0 Å². The Bertz CT molecular complexity index is 131. The Morgan fingerprint density at radius 1 is 1.40 bits per heavy atom. The summed E-state index contributed by atoms with van der Waals surface area (Å²) < 4.78 is 33.3. The quantitative estimate of drug-likeness (QED) is 0.370. The molecule has 0 amide bonds. The van der Waals surface area contributed by atoms with E-state index in [1.165, 1.54) is 0 Å². The van der Waals surface area contributed by atoms with Gasteiger partial charge in [0.25, 0.3) is 0 Å². The zero-order chi connectivity index (χ0) is 7.49. The molecule has 0 rings (SSSR count). The summed E-state index contributed by atoms with van der Waals surface area (Å²) in [7, 11) is 0. The molecule has 0 saturated carbocycles. The van der Waals surface area contributed by atoms with Gasteiger partial charge in [0.15, 0.2) is 0 Å². The number of ketones is 1. The molecule has 0 aromatic carbocycles. The van der Waals surface area contributed by atoms with Crippen molar-refractivity contribution in [2.45, 2.75) is 12.6 Å². The van der Waals surface area contributed by atoms with E-state index in [2.05, 4.69) is 0 Å². The number of hydrogen-bond acceptors (Lipinski definition) is 2. The molecule has 0 aliphatic rings. The van der Waals surface area contributed by atoms with E-state index in [1.807, 2.05) is 0 Å². The van der Waals surface area contributed by atoms with Gasteiger partial charge in [-0.2, -0.15) is 13.2 Å². The van der Waals surface area contributed by atoms with Crippen LogP contribution in [0.3, 0.4) is 0 Å². The summed E-state index contributed by atoms with van der Waals surface area (Å²) in [6.07, 6.45) is -5.24. The summed E-state index contributed by atoms with van der Waals surface area (Å²) in [4.78, 5) is 18.9. The van der Waals surface area contributed by atoms with Crippen LogP contribution in [-0.4, -0.2) is 18.2 Å². The maximum Gasteiger partial charge on any atom is 0.447 e. The second kappa shape index (κ2) is 4.44. The van der Waals surface area contributed by atoms with Crippen molar-refractivity contribution in [3.8, 4) is 0 Å². The van der Waals surface area contributed by atoms with Crippen molar-refractivity contribution in [2.75, 3.05) is 0 Å². The number of alkyl halides is 3. The SMILES string of the molecule is O=[C-]CC(=O)C(F)(F)F.[Ni]. The molecule has 6 heteroatoms. The zero-order valence-corrected chi connectivity index (χ0v) is 5.46. The molecule has 0 saturated heterocycles. The number of halogens is 3. The fourth-order valence-electron chi connectivity index (χ4n) is 0.166. The first-order valence-corrected chi connectivity index (χ1v) is 1.93. The monoisotopic (exact) mass is 197 g/mol. The smallest absolute Gasteiger partial charge is 0.447 e. The molecule has 0 bridgehead atoms. The number of Topliss-reactive ketones (excluding diaryl/α,β-unsaturated/α-hetero) is 1. The van der Waals surface area contributed by atoms with Gasteiger partial charge in [-0.15, -0.1) is 0 Å². The van der Waals surface area contributed by atoms with Crippen LogP contribution in [0.1, 0.15) is 6.42 Å². The molecule has 0 N–H and O–H groups in total. The average Bonchev–Trinajstić information content (AvgIpc) is 1.64. The number of carbonyl (C=O) groups is 1. The zero-order valence-electron chi connectivity index (χ0n) is 4.47. The molecular weight excluding hydrogens is 196 g/mol. The van der Waals surface area contributed by atoms with Gasteiger partial charge in [0.1, 0.15) is 0 Å². The fraction of sp³-hybridized carbons (Fsp3) is 0.500. The molecule has 2 nitrogen and oxygen atoms in total. The first-order chi connectivity index (χ1) is 3.98. The number of carbonyl (C=O) groups excluding carboxylic acids is 2. The van der Waals surface area contributed by atoms with Gasteiger partial charge >= 0.3 is 6.18 Å². The minimum atomic E-state index is -4.89. The predicted octanol–water partition coefficient (Wildman–Crippen LogP) is 0.615. The van der Waals surface area contributed by atoms with Gasteiger partial charge in [0.05, 0.1) is 0 Å². The van der Waals surface area contributed by atoms with Crippen LogP contribution in [-0.2, 0) is 26.1 Å². The summed E-state index contributed by atoms with van der Waals surface area (Å²) in [6, 6.07) is 0. The summed E-state index contributed by atoms with van der Waals surface area (Å²) in [5.74, 6) is -2.06. The third-order valence-electron chi connectivity index (χ3n) is 0.549. The van der Waals surface area contributed by atoms with Crippen LogP contribution in [0, 0.1) is 0 Å². The molecule has 0 aliphatic carbocycles. The number of hydrogen-bond donors (Lipinski definition) is 0. The van der Waals surface area contributed by atoms with Crippen LogP contribution in [0.15, 0.2) is 0 Å². The van der Waals surface area contributed by atoms with Gasteiger partial charge in [-0.05, 0) is 0 Å². The summed E-state index contributed by atoms with van der Waals surface area (Å²) in [5, 5.41) is 0. The molecule has 0 spiro atoms. The molecule has 0 aliphatic heterocycles. The molecule has 0 aromatic rings. The molecule has 0 heterocycles. The average molecular weight is 198 g/mol. The maximum absolute atomic E-state index is 11.1. The Labute approximate surface area is 64.7 Å². The maximum atomic E-state index is 11.1. The Kier molecular flexibility index (Phi) is 5.47. The van der Waals surface area contributed by atoms with Crippen LogP contribution in [0.5, 0.6) is 0 Å². The second-order valence-corrected chi connectivity index (χ2v) is 1.24. The standard InChI is InChI=1S/C4H2F3O2.Ni/c5-4(6,7)3(9)1-2-8;/h1H2;/q-1;. The topological polar surface area (TPSA) is 34.1 Å². The van der Waals surface area contributed by atoms with E-state index in [1.54, 1.807) is 0 Å². The number of rotatable bonds is 2. The van der Waals surface area contributed by atoms with Crippen molar-refractivity contribution < 1.29 is 39.3 Å². The van der Waals surface area contributed by atoms with E-state index in [0.29, 0.717) is 0 Å². The van der Waals surface area contributed by atoms with Gasteiger partial charge in [-0.25, -0.2) is 0 Å². The Balaban J connectivity index is 0. The van der Waals surface area contributed by atoms with Crippen molar-refractivity contribution in [2.24, 2.45) is 0 Å². The fourth-order valence-corrected chi connectivity index (χ4v) is 0.166. The molecule has 62 valence electrons. The van der Waals surface area contributed by atoms with E-state index in [4.69, 9.17) is 0 Å². The molecule has 0 atom stereocenters. The van der Waals surface area contributed by atoms with E-state index >= 15 is 0 Å². The largest absolute Gasteiger partial charge is 0.541 e. The molecule has 0 unspecified atom stereocenters. The van der Waals surface area contributed by atoms with Crippen LogP contribution in [0.25, 0.3) is 0 Å². The Hall–Kier alpha value is -0.376. The Morgan fingerprint density at radius 2 is 1.80 bits per heavy atom. The molecule has 0 fully saturated rings. The third kappa shape index (κ3) is 4.50. The third-order valence-corrected chi connectivity index (χ3v) is 0.549. The van der Waals surface area contributed by atoms with Crippen molar-refractivity contribution in [3.63, 3.8) is 0 Å². The molecule has 0 aromatic heterocycles. The van der Waals surface area contributed by atoms with Gasteiger partial charge < -0.3 is 4.79 Å². The summed E-state index contributed by atoms with van der Waals surface area (Å²) in [6.45, 7) is 0. The van der Waals surface area contributed by atoms with E-state index in [-0.39, 0.29) is 16.5 Å². The minimum absolute atomic E-state index is 0. The van der Waals surface area contributed by atoms with Gasteiger partial charge in [0.2, 0.25) is 5.78 Å². The van der Waals surface area contributed by atoms with Crippen molar-refractivity contribution in [1.29, 1.82) is 0 Å². The van der Waals surface area contributed by atoms with Crippen LogP contribution in [0.4, 0.5) is 13.2 Å². The van der Waals surface area contributed by atoms with Crippen molar-refractivity contribution >= 4 is 12.1 Å². The van der Waals surface area contributed by atoms with Crippen LogP contribution in [0.2, 0.25) is 0 Å². The van der Waals surface area contributed by atoms with Crippen LogP contribution < -0.4 is 0 Å². The van der Waals surface area contributed by atoms with E-state index < -0.39 is 18.4 Å². The van der Waals surface area contributed by atoms with Crippen molar-refractivity contribution in [1.82, 2.24) is 0 Å².